The molecule has 3 rings (SSSR count). The van der Waals surface area contributed by atoms with Crippen LogP contribution >= 0.6 is 23.2 Å². The number of piperazine rings is 1. The molecule has 7 nitrogen and oxygen atoms in total. The van der Waals surface area contributed by atoms with E-state index in [4.69, 9.17) is 23.2 Å². The molecule has 26 heavy (non-hydrogen) atoms. The Labute approximate surface area is 155 Å². The molecule has 0 atom stereocenters. The predicted octanol–water partition coefficient (Wildman–Crippen LogP) is 3.75. The molecule has 2 aromatic rings. The van der Waals surface area contributed by atoms with E-state index >= 15 is 0 Å². The van der Waals surface area contributed by atoms with Crippen molar-refractivity contribution in [3.63, 3.8) is 0 Å². The molecule has 12 heteroatoms. The number of amides is 2. The summed E-state index contributed by atoms with van der Waals surface area (Å²) in [6, 6.07) is 1.63. The highest BCUT2D eigenvalue weighted by Crippen LogP contribution is 2.30. The van der Waals surface area contributed by atoms with Gasteiger partial charge in [-0.05, 0) is 6.07 Å². The van der Waals surface area contributed by atoms with Gasteiger partial charge < -0.3 is 14.3 Å². The molecular formula is C14H12Cl2F3N5O2. The lowest BCUT2D eigenvalue weighted by molar-refractivity contribution is -0.142. The first-order valence-electron chi connectivity index (χ1n) is 7.40. The molecule has 1 aliphatic rings. The Morgan fingerprint density at radius 1 is 1.19 bits per heavy atom. The monoisotopic (exact) mass is 409 g/mol. The number of anilines is 2. The maximum Gasteiger partial charge on any atom is 0.436 e. The summed E-state index contributed by atoms with van der Waals surface area (Å²) in [7, 11) is 0. The number of alkyl halides is 3. The van der Waals surface area contributed by atoms with E-state index in [2.05, 4.69) is 20.0 Å². The quantitative estimate of drug-likeness (QED) is 0.817. The first-order valence-corrected chi connectivity index (χ1v) is 8.15. The van der Waals surface area contributed by atoms with Gasteiger partial charge in [0, 0.05) is 38.4 Å². The Bertz CT molecular complexity index is 806. The van der Waals surface area contributed by atoms with Crippen LogP contribution in [0.5, 0.6) is 0 Å². The normalized spacial score (nSPS) is 15.3. The molecule has 0 aromatic carbocycles. The number of halogens is 5. The zero-order chi connectivity index (χ0) is 18.9. The van der Waals surface area contributed by atoms with Crippen molar-refractivity contribution in [2.24, 2.45) is 0 Å². The molecule has 1 fully saturated rings. The van der Waals surface area contributed by atoms with E-state index < -0.39 is 17.9 Å². The van der Waals surface area contributed by atoms with Crippen molar-refractivity contribution in [3.8, 4) is 0 Å². The number of carbonyl (C=O) groups is 1. The molecular weight excluding hydrogens is 398 g/mol. The maximum absolute atomic E-state index is 12.5. The second kappa shape index (κ2) is 7.20. The molecule has 0 unspecified atom stereocenters. The number of pyridine rings is 1. The Kier molecular flexibility index (Phi) is 5.15. The second-order valence-electron chi connectivity index (χ2n) is 5.44. The SMILES string of the molecule is O=C(Nc1cc(C(F)(F)F)no1)N1CCN(c2ncc(Cl)cc2Cl)CC1. The van der Waals surface area contributed by atoms with Crippen LogP contribution in [0.2, 0.25) is 10.0 Å². The van der Waals surface area contributed by atoms with Gasteiger partial charge >= 0.3 is 12.2 Å². The number of carbonyl (C=O) groups excluding carboxylic acids is 1. The van der Waals surface area contributed by atoms with Crippen LogP contribution in [0.25, 0.3) is 0 Å². The topological polar surface area (TPSA) is 74.5 Å². The smallest absolute Gasteiger partial charge is 0.352 e. The van der Waals surface area contributed by atoms with Gasteiger partial charge in [-0.15, -0.1) is 0 Å². The fraction of sp³-hybridized carbons (Fsp3) is 0.357. The summed E-state index contributed by atoms with van der Waals surface area (Å²) in [6.45, 7) is 1.55. The molecule has 140 valence electrons. The molecule has 0 spiro atoms. The number of nitrogens with one attached hydrogen (secondary N) is 1. The summed E-state index contributed by atoms with van der Waals surface area (Å²) >= 11 is 11.9. The van der Waals surface area contributed by atoms with E-state index in [0.29, 0.717) is 48.1 Å². The fourth-order valence-corrected chi connectivity index (χ4v) is 2.91. The first kappa shape index (κ1) is 18.6. The van der Waals surface area contributed by atoms with Gasteiger partial charge in [0.15, 0.2) is 5.69 Å². The van der Waals surface area contributed by atoms with Gasteiger partial charge in [0.05, 0.1) is 10.0 Å². The minimum absolute atomic E-state index is 0.326. The zero-order valence-electron chi connectivity index (χ0n) is 13.1. The Morgan fingerprint density at radius 3 is 2.46 bits per heavy atom. The van der Waals surface area contributed by atoms with Crippen LogP contribution in [0, 0.1) is 0 Å². The number of aromatic nitrogens is 2. The summed E-state index contributed by atoms with van der Waals surface area (Å²) in [5.41, 5.74) is -1.21. The van der Waals surface area contributed by atoms with Gasteiger partial charge in [-0.3, -0.25) is 5.32 Å². The predicted molar refractivity (Wildman–Crippen MR) is 88.6 cm³/mol. The van der Waals surface area contributed by atoms with Crippen LogP contribution in [0.3, 0.4) is 0 Å². The molecule has 0 bridgehead atoms. The van der Waals surface area contributed by atoms with Gasteiger partial charge in [0.2, 0.25) is 5.88 Å². The van der Waals surface area contributed by atoms with E-state index in [1.807, 2.05) is 4.90 Å². The highest BCUT2D eigenvalue weighted by atomic mass is 35.5. The minimum Gasteiger partial charge on any atom is -0.352 e. The van der Waals surface area contributed by atoms with E-state index in [9.17, 15) is 18.0 Å². The number of hydrogen-bond donors (Lipinski definition) is 1. The highest BCUT2D eigenvalue weighted by molar-refractivity contribution is 6.36. The van der Waals surface area contributed by atoms with Gasteiger partial charge in [0.1, 0.15) is 5.82 Å². The van der Waals surface area contributed by atoms with Crippen LogP contribution in [-0.4, -0.2) is 47.3 Å². The Hall–Kier alpha value is -2.20. The molecule has 1 N–H and O–H groups in total. The van der Waals surface area contributed by atoms with Crippen LogP contribution < -0.4 is 10.2 Å². The molecule has 0 saturated carbocycles. The Balaban J connectivity index is 1.57. The van der Waals surface area contributed by atoms with Crippen molar-refractivity contribution in [2.45, 2.75) is 6.18 Å². The molecule has 2 aromatic heterocycles. The number of nitrogens with zero attached hydrogens (tertiary/aromatic N) is 4. The number of hydrogen-bond acceptors (Lipinski definition) is 5. The van der Waals surface area contributed by atoms with E-state index in [-0.39, 0.29) is 5.88 Å². The average Bonchev–Trinajstić information content (AvgIpc) is 3.04. The largest absolute Gasteiger partial charge is 0.436 e. The van der Waals surface area contributed by atoms with Crippen LogP contribution in [0.15, 0.2) is 22.9 Å². The van der Waals surface area contributed by atoms with E-state index in [1.54, 1.807) is 6.07 Å². The summed E-state index contributed by atoms with van der Waals surface area (Å²) in [4.78, 5) is 19.7. The molecule has 1 aliphatic heterocycles. The van der Waals surface area contributed by atoms with Crippen molar-refractivity contribution in [2.75, 3.05) is 36.4 Å². The van der Waals surface area contributed by atoms with Crippen molar-refractivity contribution in [3.05, 3.63) is 34.1 Å². The van der Waals surface area contributed by atoms with Gasteiger partial charge in [-0.1, -0.05) is 28.4 Å². The fourth-order valence-electron chi connectivity index (χ4n) is 2.41. The zero-order valence-corrected chi connectivity index (χ0v) is 14.6. The number of rotatable bonds is 2. The molecule has 3 heterocycles. The highest BCUT2D eigenvalue weighted by Gasteiger charge is 2.35. The molecule has 0 radical (unpaired) electrons. The summed E-state index contributed by atoms with van der Waals surface area (Å²) in [5.74, 6) is 0.188. The molecule has 0 aliphatic carbocycles. The summed E-state index contributed by atoms with van der Waals surface area (Å²) in [6.07, 6.45) is -3.16. The van der Waals surface area contributed by atoms with Gasteiger partial charge in [-0.25, -0.2) is 9.78 Å². The van der Waals surface area contributed by atoms with Crippen molar-refractivity contribution < 1.29 is 22.5 Å². The summed E-state index contributed by atoms with van der Waals surface area (Å²) in [5, 5.41) is 5.96. The third kappa shape index (κ3) is 4.13. The molecule has 1 saturated heterocycles. The maximum atomic E-state index is 12.5. The van der Waals surface area contributed by atoms with Crippen molar-refractivity contribution >= 4 is 40.9 Å². The average molecular weight is 410 g/mol. The van der Waals surface area contributed by atoms with Crippen molar-refractivity contribution in [1.82, 2.24) is 15.0 Å². The lowest BCUT2D eigenvalue weighted by atomic mass is 10.3. The van der Waals surface area contributed by atoms with E-state index in [1.165, 1.54) is 11.1 Å². The third-order valence-corrected chi connectivity index (χ3v) is 4.17. The lowest BCUT2D eigenvalue weighted by Crippen LogP contribution is -2.50. The lowest BCUT2D eigenvalue weighted by Gasteiger charge is -2.35. The van der Waals surface area contributed by atoms with Crippen LogP contribution in [0.4, 0.5) is 29.7 Å². The second-order valence-corrected chi connectivity index (χ2v) is 6.28. The molecule has 2 amide bonds. The van der Waals surface area contributed by atoms with E-state index in [0.717, 1.165) is 0 Å². The van der Waals surface area contributed by atoms with Crippen LogP contribution in [0.1, 0.15) is 5.69 Å². The minimum atomic E-state index is -4.64. The third-order valence-electron chi connectivity index (χ3n) is 3.69. The standard InChI is InChI=1S/C14H12Cl2F3N5O2/c15-8-5-9(16)12(20-7-8)23-1-3-24(4-2-23)13(25)21-11-6-10(22-26-11)14(17,18)19/h5-7H,1-4H2,(H,21,25). The number of urea groups is 1. The van der Waals surface area contributed by atoms with Crippen molar-refractivity contribution in [1.29, 1.82) is 0 Å². The summed E-state index contributed by atoms with van der Waals surface area (Å²) < 4.78 is 41.9. The van der Waals surface area contributed by atoms with Gasteiger partial charge in [0.25, 0.3) is 0 Å². The van der Waals surface area contributed by atoms with Gasteiger partial charge in [-0.2, -0.15) is 13.2 Å². The Morgan fingerprint density at radius 2 is 1.88 bits per heavy atom. The van der Waals surface area contributed by atoms with Crippen LogP contribution in [-0.2, 0) is 6.18 Å². The first-order chi connectivity index (χ1) is 12.2.